The van der Waals surface area contributed by atoms with E-state index in [-0.39, 0.29) is 17.3 Å². The van der Waals surface area contributed by atoms with Gasteiger partial charge in [0.25, 0.3) is 0 Å². The van der Waals surface area contributed by atoms with Crippen LogP contribution in [0.2, 0.25) is 0 Å². The molecule has 1 aliphatic carbocycles. The molecule has 1 aromatic rings. The molecule has 1 aromatic carbocycles. The maximum atomic E-state index is 11.0. The standard InChI is InChI=1S/C16H19IO4/c17-13-4-3-11(15(18)19)9-14(13)20-10-12-5-8-16(21-12)6-1-2-7-16/h3-4,9,12H,1-2,5-8,10H2,(H,18,19). The Morgan fingerprint density at radius 3 is 2.86 bits per heavy atom. The molecule has 114 valence electrons. The van der Waals surface area contributed by atoms with Crippen LogP contribution in [0.5, 0.6) is 5.75 Å². The summed E-state index contributed by atoms with van der Waals surface area (Å²) in [6, 6.07) is 4.95. The Bertz CT molecular complexity index is 537. The lowest BCUT2D eigenvalue weighted by atomic mass is 9.98. The molecule has 3 rings (SSSR count). The molecule has 0 radical (unpaired) electrons. The summed E-state index contributed by atoms with van der Waals surface area (Å²) in [5.74, 6) is -0.301. The number of halogens is 1. The lowest BCUT2D eigenvalue weighted by Crippen LogP contribution is -2.27. The van der Waals surface area contributed by atoms with Gasteiger partial charge in [0.05, 0.1) is 20.8 Å². The average molecular weight is 402 g/mol. The predicted octanol–water partition coefficient (Wildman–Crippen LogP) is 3.86. The first-order valence-corrected chi connectivity index (χ1v) is 8.49. The monoisotopic (exact) mass is 402 g/mol. The number of carbonyl (C=O) groups is 1. The van der Waals surface area contributed by atoms with E-state index in [0.717, 1.165) is 16.4 Å². The summed E-state index contributed by atoms with van der Waals surface area (Å²) in [6.45, 7) is 0.501. The zero-order chi connectivity index (χ0) is 14.9. The lowest BCUT2D eigenvalue weighted by Gasteiger charge is -2.23. The second-order valence-corrected chi connectivity index (χ2v) is 7.09. The molecule has 1 heterocycles. The van der Waals surface area contributed by atoms with Crippen molar-refractivity contribution in [1.82, 2.24) is 0 Å². The third-order valence-corrected chi connectivity index (χ3v) is 5.35. The van der Waals surface area contributed by atoms with Gasteiger partial charge in [-0.25, -0.2) is 4.79 Å². The van der Waals surface area contributed by atoms with E-state index in [0.29, 0.717) is 12.4 Å². The number of carboxylic acid groups (broad SMARTS) is 1. The molecule has 5 heteroatoms. The molecule has 2 aliphatic rings. The molecule has 1 aliphatic heterocycles. The Balaban J connectivity index is 1.60. The fourth-order valence-corrected chi connectivity index (χ4v) is 3.82. The highest BCUT2D eigenvalue weighted by atomic mass is 127. The van der Waals surface area contributed by atoms with Crippen LogP contribution in [0.4, 0.5) is 0 Å². The Hall–Kier alpha value is -0.820. The van der Waals surface area contributed by atoms with Crippen LogP contribution in [-0.4, -0.2) is 29.4 Å². The van der Waals surface area contributed by atoms with Crippen molar-refractivity contribution >= 4 is 28.6 Å². The van der Waals surface area contributed by atoms with Gasteiger partial charge in [-0.3, -0.25) is 0 Å². The topological polar surface area (TPSA) is 55.8 Å². The van der Waals surface area contributed by atoms with Crippen molar-refractivity contribution < 1.29 is 19.4 Å². The Labute approximate surface area is 138 Å². The number of carboxylic acids is 1. The normalized spacial score (nSPS) is 23.6. The van der Waals surface area contributed by atoms with E-state index in [9.17, 15) is 4.79 Å². The molecule has 1 N–H and O–H groups in total. The SMILES string of the molecule is O=C(O)c1ccc(I)c(OCC2CCC3(CCCC3)O2)c1. The summed E-state index contributed by atoms with van der Waals surface area (Å²) in [5.41, 5.74) is 0.370. The highest BCUT2D eigenvalue weighted by Crippen LogP contribution is 2.43. The van der Waals surface area contributed by atoms with Gasteiger partial charge in [-0.1, -0.05) is 12.8 Å². The van der Waals surface area contributed by atoms with Gasteiger partial charge in [-0.2, -0.15) is 0 Å². The second kappa shape index (κ2) is 6.12. The van der Waals surface area contributed by atoms with E-state index in [1.54, 1.807) is 18.2 Å². The summed E-state index contributed by atoms with van der Waals surface area (Å²) in [6.07, 6.45) is 7.19. The number of benzene rings is 1. The summed E-state index contributed by atoms with van der Waals surface area (Å²) in [4.78, 5) is 11.0. The van der Waals surface area contributed by atoms with Crippen LogP contribution in [-0.2, 0) is 4.74 Å². The highest BCUT2D eigenvalue weighted by Gasteiger charge is 2.42. The fraction of sp³-hybridized carbons (Fsp3) is 0.562. The van der Waals surface area contributed by atoms with Crippen molar-refractivity contribution in [3.63, 3.8) is 0 Å². The van der Waals surface area contributed by atoms with Crippen LogP contribution in [0.15, 0.2) is 18.2 Å². The molecule has 0 aromatic heterocycles. The molecule has 1 spiro atoms. The summed E-state index contributed by atoms with van der Waals surface area (Å²) < 4.78 is 12.9. The summed E-state index contributed by atoms with van der Waals surface area (Å²) in [7, 11) is 0. The number of ether oxygens (including phenoxy) is 2. The van der Waals surface area contributed by atoms with Crippen LogP contribution >= 0.6 is 22.6 Å². The van der Waals surface area contributed by atoms with Gasteiger partial charge in [0, 0.05) is 0 Å². The lowest BCUT2D eigenvalue weighted by molar-refractivity contribution is -0.0509. The number of hydrogen-bond donors (Lipinski definition) is 1. The first-order chi connectivity index (χ1) is 10.1. The number of hydrogen-bond acceptors (Lipinski definition) is 3. The smallest absolute Gasteiger partial charge is 0.335 e. The van der Waals surface area contributed by atoms with Crippen molar-refractivity contribution in [1.29, 1.82) is 0 Å². The van der Waals surface area contributed by atoms with E-state index < -0.39 is 5.97 Å². The van der Waals surface area contributed by atoms with Crippen molar-refractivity contribution in [2.45, 2.75) is 50.2 Å². The average Bonchev–Trinajstić information content (AvgIpc) is 3.08. The second-order valence-electron chi connectivity index (χ2n) is 5.93. The van der Waals surface area contributed by atoms with E-state index in [1.807, 2.05) is 0 Å². The Morgan fingerprint density at radius 2 is 2.14 bits per heavy atom. The Kier molecular flexibility index (Phi) is 4.40. The van der Waals surface area contributed by atoms with E-state index in [1.165, 1.54) is 25.7 Å². The van der Waals surface area contributed by atoms with Crippen molar-refractivity contribution in [3.05, 3.63) is 27.3 Å². The molecule has 1 saturated carbocycles. The van der Waals surface area contributed by atoms with Gasteiger partial charge in [-0.05, 0) is 66.5 Å². The molecule has 4 nitrogen and oxygen atoms in total. The molecule has 2 fully saturated rings. The first kappa shape index (κ1) is 15.1. The molecule has 1 saturated heterocycles. The minimum atomic E-state index is -0.932. The molecular formula is C16H19IO4. The van der Waals surface area contributed by atoms with Gasteiger partial charge in [0.1, 0.15) is 12.4 Å². The highest BCUT2D eigenvalue weighted by molar-refractivity contribution is 14.1. The van der Waals surface area contributed by atoms with Crippen LogP contribution in [0.1, 0.15) is 48.9 Å². The molecule has 1 atom stereocenters. The maximum Gasteiger partial charge on any atom is 0.335 e. The third kappa shape index (κ3) is 3.34. The van der Waals surface area contributed by atoms with Crippen molar-refractivity contribution in [2.75, 3.05) is 6.61 Å². The van der Waals surface area contributed by atoms with Gasteiger partial charge in [0.2, 0.25) is 0 Å². The molecular weight excluding hydrogens is 383 g/mol. The van der Waals surface area contributed by atoms with Gasteiger partial charge in [-0.15, -0.1) is 0 Å². The van der Waals surface area contributed by atoms with Gasteiger partial charge >= 0.3 is 5.97 Å². The van der Waals surface area contributed by atoms with Crippen LogP contribution in [0.25, 0.3) is 0 Å². The zero-order valence-corrected chi connectivity index (χ0v) is 14.0. The van der Waals surface area contributed by atoms with Crippen molar-refractivity contribution in [2.24, 2.45) is 0 Å². The molecule has 0 amide bonds. The summed E-state index contributed by atoms with van der Waals surface area (Å²) >= 11 is 2.16. The van der Waals surface area contributed by atoms with Gasteiger partial charge in [0.15, 0.2) is 0 Å². The first-order valence-electron chi connectivity index (χ1n) is 7.41. The van der Waals surface area contributed by atoms with E-state index in [2.05, 4.69) is 22.6 Å². The molecule has 1 unspecified atom stereocenters. The van der Waals surface area contributed by atoms with E-state index in [4.69, 9.17) is 14.6 Å². The number of rotatable bonds is 4. The predicted molar refractivity (Wildman–Crippen MR) is 86.9 cm³/mol. The van der Waals surface area contributed by atoms with Crippen LogP contribution in [0, 0.1) is 3.57 Å². The molecule has 21 heavy (non-hydrogen) atoms. The Morgan fingerprint density at radius 1 is 1.38 bits per heavy atom. The minimum Gasteiger partial charge on any atom is -0.490 e. The zero-order valence-electron chi connectivity index (χ0n) is 11.8. The van der Waals surface area contributed by atoms with Crippen molar-refractivity contribution in [3.8, 4) is 5.75 Å². The minimum absolute atomic E-state index is 0.115. The van der Waals surface area contributed by atoms with Crippen LogP contribution < -0.4 is 4.74 Å². The maximum absolute atomic E-state index is 11.0. The third-order valence-electron chi connectivity index (χ3n) is 4.46. The molecule has 0 bridgehead atoms. The summed E-state index contributed by atoms with van der Waals surface area (Å²) in [5, 5.41) is 9.04. The van der Waals surface area contributed by atoms with E-state index >= 15 is 0 Å². The number of aromatic carboxylic acids is 1. The quantitative estimate of drug-likeness (QED) is 0.778. The van der Waals surface area contributed by atoms with Gasteiger partial charge < -0.3 is 14.6 Å². The van der Waals surface area contributed by atoms with Crippen LogP contribution in [0.3, 0.4) is 0 Å². The fourth-order valence-electron chi connectivity index (χ4n) is 3.33. The largest absolute Gasteiger partial charge is 0.490 e.